The van der Waals surface area contributed by atoms with Gasteiger partial charge in [-0.2, -0.15) is 0 Å². The molecule has 1 unspecified atom stereocenters. The number of hydrogen-bond donors (Lipinski definition) is 1. The second-order valence-corrected chi connectivity index (χ2v) is 7.69. The van der Waals surface area contributed by atoms with Crippen LogP contribution in [0.3, 0.4) is 0 Å². The van der Waals surface area contributed by atoms with E-state index >= 15 is 0 Å². The maximum Gasteiger partial charge on any atom is 0.251 e. The SMILES string of the molecule is Cc1ccccc1C(=O)NC1CCCN(Cc2ccc(-c3cncnc3)cc2)C1. The Balaban J connectivity index is 1.35. The molecule has 5 nitrogen and oxygen atoms in total. The van der Waals surface area contributed by atoms with E-state index in [1.165, 1.54) is 5.56 Å². The van der Waals surface area contributed by atoms with Crippen molar-refractivity contribution >= 4 is 5.91 Å². The number of hydrogen-bond acceptors (Lipinski definition) is 4. The standard InChI is InChI=1S/C24H26N4O/c1-18-5-2-3-7-23(18)24(29)27-22-6-4-12-28(16-22)15-19-8-10-20(11-9-19)21-13-25-17-26-14-21/h2-3,5,7-11,13-14,17,22H,4,6,12,15-16H2,1H3,(H,27,29). The Morgan fingerprint density at radius 2 is 1.83 bits per heavy atom. The monoisotopic (exact) mass is 386 g/mol. The Hall–Kier alpha value is -3.05. The average molecular weight is 386 g/mol. The topological polar surface area (TPSA) is 58.1 Å². The molecule has 0 bridgehead atoms. The van der Waals surface area contributed by atoms with E-state index in [-0.39, 0.29) is 11.9 Å². The van der Waals surface area contributed by atoms with Gasteiger partial charge in [-0.15, -0.1) is 0 Å². The van der Waals surface area contributed by atoms with E-state index in [1.54, 1.807) is 6.33 Å². The molecule has 1 N–H and O–H groups in total. The maximum atomic E-state index is 12.6. The summed E-state index contributed by atoms with van der Waals surface area (Å²) in [6.07, 6.45) is 7.32. The van der Waals surface area contributed by atoms with E-state index in [9.17, 15) is 4.79 Å². The molecular formula is C24H26N4O. The number of carbonyl (C=O) groups excluding carboxylic acids is 1. The first-order valence-corrected chi connectivity index (χ1v) is 10.1. The molecular weight excluding hydrogens is 360 g/mol. The Bertz CT molecular complexity index is 956. The van der Waals surface area contributed by atoms with Crippen molar-refractivity contribution < 1.29 is 4.79 Å². The van der Waals surface area contributed by atoms with Gasteiger partial charge in [0.05, 0.1) is 0 Å². The van der Waals surface area contributed by atoms with Crippen LogP contribution in [0.15, 0.2) is 67.3 Å². The van der Waals surface area contributed by atoms with Crippen LogP contribution in [0.1, 0.15) is 34.3 Å². The molecule has 1 atom stereocenters. The molecule has 1 aromatic heterocycles. The predicted octanol–water partition coefficient (Wildman–Crippen LogP) is 3.85. The van der Waals surface area contributed by atoms with Crippen molar-refractivity contribution in [3.05, 3.63) is 83.9 Å². The molecule has 0 radical (unpaired) electrons. The Morgan fingerprint density at radius 3 is 2.59 bits per heavy atom. The van der Waals surface area contributed by atoms with Gasteiger partial charge in [0, 0.05) is 42.7 Å². The lowest BCUT2D eigenvalue weighted by Crippen LogP contribution is -2.47. The number of aromatic nitrogens is 2. The van der Waals surface area contributed by atoms with E-state index in [0.717, 1.165) is 54.7 Å². The summed E-state index contributed by atoms with van der Waals surface area (Å²) in [5, 5.41) is 3.23. The molecule has 1 amide bonds. The van der Waals surface area contributed by atoms with Crippen LogP contribution in [0.4, 0.5) is 0 Å². The minimum Gasteiger partial charge on any atom is -0.348 e. The molecule has 0 spiro atoms. The summed E-state index contributed by atoms with van der Waals surface area (Å²) in [5.74, 6) is 0.0318. The number of nitrogens with one attached hydrogen (secondary N) is 1. The largest absolute Gasteiger partial charge is 0.348 e. The van der Waals surface area contributed by atoms with Crippen LogP contribution >= 0.6 is 0 Å². The zero-order valence-electron chi connectivity index (χ0n) is 16.7. The van der Waals surface area contributed by atoms with Crippen LogP contribution in [-0.4, -0.2) is 39.9 Å². The van der Waals surface area contributed by atoms with Gasteiger partial charge < -0.3 is 5.32 Å². The van der Waals surface area contributed by atoms with Crippen LogP contribution in [0.25, 0.3) is 11.1 Å². The molecule has 1 saturated heterocycles. The fraction of sp³-hybridized carbons (Fsp3) is 0.292. The molecule has 29 heavy (non-hydrogen) atoms. The van der Waals surface area contributed by atoms with Gasteiger partial charge in [-0.3, -0.25) is 9.69 Å². The minimum absolute atomic E-state index is 0.0318. The summed E-state index contributed by atoms with van der Waals surface area (Å²) >= 11 is 0. The molecule has 0 saturated carbocycles. The third kappa shape index (κ3) is 4.87. The molecule has 5 heteroatoms. The summed E-state index contributed by atoms with van der Waals surface area (Å²) in [4.78, 5) is 23.2. The molecule has 3 aromatic rings. The third-order valence-electron chi connectivity index (χ3n) is 5.48. The molecule has 2 heterocycles. The number of carbonyl (C=O) groups is 1. The molecule has 1 aliphatic heterocycles. The summed E-state index contributed by atoms with van der Waals surface area (Å²) in [7, 11) is 0. The van der Waals surface area contributed by atoms with Gasteiger partial charge in [0.25, 0.3) is 5.91 Å². The lowest BCUT2D eigenvalue weighted by atomic mass is 10.0. The average Bonchev–Trinajstić information content (AvgIpc) is 2.75. The number of aryl methyl sites for hydroxylation is 1. The molecule has 4 rings (SSSR count). The van der Waals surface area contributed by atoms with E-state index < -0.39 is 0 Å². The first-order valence-electron chi connectivity index (χ1n) is 10.1. The number of likely N-dealkylation sites (tertiary alicyclic amines) is 1. The van der Waals surface area contributed by atoms with E-state index in [4.69, 9.17) is 0 Å². The van der Waals surface area contributed by atoms with E-state index in [1.807, 2.05) is 43.6 Å². The van der Waals surface area contributed by atoms with Gasteiger partial charge in [-0.05, 0) is 49.1 Å². The fourth-order valence-electron chi connectivity index (χ4n) is 3.92. The first-order chi connectivity index (χ1) is 14.2. The number of nitrogens with zero attached hydrogens (tertiary/aromatic N) is 3. The highest BCUT2D eigenvalue weighted by molar-refractivity contribution is 5.95. The van der Waals surface area contributed by atoms with Gasteiger partial charge >= 0.3 is 0 Å². The lowest BCUT2D eigenvalue weighted by molar-refractivity contribution is 0.0900. The highest BCUT2D eigenvalue weighted by atomic mass is 16.1. The highest BCUT2D eigenvalue weighted by Crippen LogP contribution is 2.20. The van der Waals surface area contributed by atoms with Crippen LogP contribution in [0, 0.1) is 6.92 Å². The molecule has 148 valence electrons. The minimum atomic E-state index is 0.0318. The molecule has 2 aromatic carbocycles. The third-order valence-corrected chi connectivity index (χ3v) is 5.48. The molecule has 1 aliphatic rings. The first kappa shape index (κ1) is 19.3. The van der Waals surface area contributed by atoms with Crippen LogP contribution in [-0.2, 0) is 6.54 Å². The zero-order chi connectivity index (χ0) is 20.1. The zero-order valence-corrected chi connectivity index (χ0v) is 16.7. The second kappa shape index (κ2) is 8.97. The Kier molecular flexibility index (Phi) is 5.96. The molecule has 0 aliphatic carbocycles. The second-order valence-electron chi connectivity index (χ2n) is 7.69. The van der Waals surface area contributed by atoms with Crippen LogP contribution < -0.4 is 5.32 Å². The van der Waals surface area contributed by atoms with Crippen molar-refractivity contribution in [1.29, 1.82) is 0 Å². The highest BCUT2D eigenvalue weighted by Gasteiger charge is 2.22. The van der Waals surface area contributed by atoms with Crippen LogP contribution in [0.5, 0.6) is 0 Å². The number of benzene rings is 2. The van der Waals surface area contributed by atoms with Gasteiger partial charge in [0.15, 0.2) is 0 Å². The van der Waals surface area contributed by atoms with Gasteiger partial charge in [-0.25, -0.2) is 9.97 Å². The van der Waals surface area contributed by atoms with Crippen molar-refractivity contribution in [3.8, 4) is 11.1 Å². The van der Waals surface area contributed by atoms with Crippen molar-refractivity contribution in [1.82, 2.24) is 20.2 Å². The predicted molar refractivity (Wildman–Crippen MR) is 114 cm³/mol. The van der Waals surface area contributed by atoms with Crippen LogP contribution in [0.2, 0.25) is 0 Å². The van der Waals surface area contributed by atoms with Gasteiger partial charge in [0.2, 0.25) is 0 Å². The van der Waals surface area contributed by atoms with Crippen molar-refractivity contribution in [2.45, 2.75) is 32.4 Å². The Labute approximate surface area is 171 Å². The van der Waals surface area contributed by atoms with E-state index in [2.05, 4.69) is 44.5 Å². The number of rotatable bonds is 5. The van der Waals surface area contributed by atoms with Crippen molar-refractivity contribution in [2.75, 3.05) is 13.1 Å². The van der Waals surface area contributed by atoms with E-state index in [0.29, 0.717) is 0 Å². The van der Waals surface area contributed by atoms with Gasteiger partial charge in [-0.1, -0.05) is 42.5 Å². The summed E-state index contributed by atoms with van der Waals surface area (Å²) in [6.45, 7) is 4.81. The summed E-state index contributed by atoms with van der Waals surface area (Å²) < 4.78 is 0. The smallest absolute Gasteiger partial charge is 0.251 e. The number of amides is 1. The van der Waals surface area contributed by atoms with Crippen molar-refractivity contribution in [3.63, 3.8) is 0 Å². The number of piperidine rings is 1. The summed E-state index contributed by atoms with van der Waals surface area (Å²) in [6, 6.07) is 16.5. The Morgan fingerprint density at radius 1 is 1.07 bits per heavy atom. The van der Waals surface area contributed by atoms with Gasteiger partial charge in [0.1, 0.15) is 6.33 Å². The fourth-order valence-corrected chi connectivity index (χ4v) is 3.92. The maximum absolute atomic E-state index is 12.6. The molecule has 1 fully saturated rings. The lowest BCUT2D eigenvalue weighted by Gasteiger charge is -2.33. The quantitative estimate of drug-likeness (QED) is 0.724. The van der Waals surface area contributed by atoms with Crippen molar-refractivity contribution in [2.24, 2.45) is 0 Å². The normalized spacial score (nSPS) is 17.1. The summed E-state index contributed by atoms with van der Waals surface area (Å²) in [5.41, 5.74) is 5.20.